The number of aliphatic carboxylic acids is 1. The molecule has 2 aromatic rings. The van der Waals surface area contributed by atoms with Crippen LogP contribution in [0, 0.1) is 0 Å². The molecule has 0 saturated heterocycles. The predicted octanol–water partition coefficient (Wildman–Crippen LogP) is 3.50. The van der Waals surface area contributed by atoms with Crippen molar-refractivity contribution in [2.75, 3.05) is 0 Å². The standard InChI is InChI=1S/C13H11BrO3/c1-7(13(16)17)12-10-4-3-9(14)6-8(10)2-5-11(12)15/h2-7,15H,1H3,(H,16,17). The van der Waals surface area contributed by atoms with Crippen molar-refractivity contribution in [2.45, 2.75) is 12.8 Å². The summed E-state index contributed by atoms with van der Waals surface area (Å²) < 4.78 is 0.921. The number of hydrogen-bond donors (Lipinski definition) is 2. The molecule has 0 aliphatic carbocycles. The van der Waals surface area contributed by atoms with Gasteiger partial charge in [0, 0.05) is 10.0 Å². The number of carboxylic acid groups (broad SMARTS) is 1. The first kappa shape index (κ1) is 11.9. The van der Waals surface area contributed by atoms with Crippen LogP contribution in [0.25, 0.3) is 10.8 Å². The van der Waals surface area contributed by atoms with Crippen LogP contribution in [0.3, 0.4) is 0 Å². The molecule has 2 rings (SSSR count). The largest absolute Gasteiger partial charge is 0.508 e. The highest BCUT2D eigenvalue weighted by atomic mass is 79.9. The molecular formula is C13H11BrO3. The van der Waals surface area contributed by atoms with E-state index >= 15 is 0 Å². The quantitative estimate of drug-likeness (QED) is 0.891. The Bertz CT molecular complexity index is 592. The second-order valence-corrected chi connectivity index (χ2v) is 4.84. The Morgan fingerprint density at radius 1 is 1.29 bits per heavy atom. The topological polar surface area (TPSA) is 57.5 Å². The lowest BCUT2D eigenvalue weighted by molar-refractivity contribution is -0.138. The molecule has 0 saturated carbocycles. The Labute approximate surface area is 107 Å². The molecule has 0 radical (unpaired) electrons. The zero-order valence-corrected chi connectivity index (χ0v) is 10.7. The second-order valence-electron chi connectivity index (χ2n) is 3.92. The summed E-state index contributed by atoms with van der Waals surface area (Å²) in [5.74, 6) is -1.66. The van der Waals surface area contributed by atoms with E-state index in [0.717, 1.165) is 15.2 Å². The molecule has 0 aliphatic heterocycles. The Morgan fingerprint density at radius 2 is 2.00 bits per heavy atom. The van der Waals surface area contributed by atoms with Gasteiger partial charge in [-0.1, -0.05) is 28.1 Å². The molecule has 2 aromatic carbocycles. The zero-order valence-electron chi connectivity index (χ0n) is 9.14. The van der Waals surface area contributed by atoms with Crippen LogP contribution < -0.4 is 0 Å². The maximum absolute atomic E-state index is 11.0. The van der Waals surface area contributed by atoms with Gasteiger partial charge in [-0.25, -0.2) is 0 Å². The summed E-state index contributed by atoms with van der Waals surface area (Å²) in [7, 11) is 0. The van der Waals surface area contributed by atoms with Crippen molar-refractivity contribution in [3.05, 3.63) is 40.4 Å². The van der Waals surface area contributed by atoms with Gasteiger partial charge in [0.2, 0.25) is 0 Å². The van der Waals surface area contributed by atoms with E-state index in [-0.39, 0.29) is 5.75 Å². The van der Waals surface area contributed by atoms with Crippen molar-refractivity contribution in [2.24, 2.45) is 0 Å². The SMILES string of the molecule is CC(C(=O)O)c1c(O)ccc2cc(Br)ccc12. The number of rotatable bonds is 2. The van der Waals surface area contributed by atoms with Gasteiger partial charge in [-0.2, -0.15) is 0 Å². The van der Waals surface area contributed by atoms with Crippen molar-refractivity contribution < 1.29 is 15.0 Å². The molecule has 17 heavy (non-hydrogen) atoms. The highest BCUT2D eigenvalue weighted by Gasteiger charge is 2.20. The molecule has 1 atom stereocenters. The minimum atomic E-state index is -0.948. The molecular weight excluding hydrogens is 284 g/mol. The average Bonchev–Trinajstić information content (AvgIpc) is 2.28. The lowest BCUT2D eigenvalue weighted by atomic mass is 9.94. The smallest absolute Gasteiger partial charge is 0.310 e. The minimum Gasteiger partial charge on any atom is -0.508 e. The van der Waals surface area contributed by atoms with Gasteiger partial charge in [0.05, 0.1) is 5.92 Å². The van der Waals surface area contributed by atoms with E-state index < -0.39 is 11.9 Å². The monoisotopic (exact) mass is 294 g/mol. The fourth-order valence-electron chi connectivity index (χ4n) is 1.89. The summed E-state index contributed by atoms with van der Waals surface area (Å²) >= 11 is 3.36. The van der Waals surface area contributed by atoms with Crippen LogP contribution in [0.2, 0.25) is 0 Å². The number of phenolic OH excluding ortho intramolecular Hbond substituents is 1. The van der Waals surface area contributed by atoms with E-state index in [9.17, 15) is 9.90 Å². The number of aromatic hydroxyl groups is 1. The molecule has 4 heteroatoms. The highest BCUT2D eigenvalue weighted by Crippen LogP contribution is 2.34. The molecule has 0 fully saturated rings. The Balaban J connectivity index is 2.76. The van der Waals surface area contributed by atoms with Gasteiger partial charge < -0.3 is 10.2 Å². The number of halogens is 1. The van der Waals surface area contributed by atoms with E-state index in [2.05, 4.69) is 15.9 Å². The first-order chi connectivity index (χ1) is 8.00. The molecule has 0 bridgehead atoms. The number of carbonyl (C=O) groups is 1. The number of phenols is 1. The molecule has 0 spiro atoms. The van der Waals surface area contributed by atoms with Crippen LogP contribution in [-0.2, 0) is 4.79 Å². The number of hydrogen-bond acceptors (Lipinski definition) is 2. The second kappa shape index (κ2) is 4.37. The molecule has 0 heterocycles. The summed E-state index contributed by atoms with van der Waals surface area (Å²) in [6.07, 6.45) is 0. The van der Waals surface area contributed by atoms with Crippen molar-refractivity contribution in [3.8, 4) is 5.75 Å². The molecule has 2 N–H and O–H groups in total. The van der Waals surface area contributed by atoms with Crippen molar-refractivity contribution in [3.63, 3.8) is 0 Å². The highest BCUT2D eigenvalue weighted by molar-refractivity contribution is 9.10. The van der Waals surface area contributed by atoms with Crippen LogP contribution >= 0.6 is 15.9 Å². The number of fused-ring (bicyclic) bond motifs is 1. The van der Waals surface area contributed by atoms with E-state index in [1.54, 1.807) is 13.0 Å². The first-order valence-electron chi connectivity index (χ1n) is 5.14. The Hall–Kier alpha value is -1.55. The van der Waals surface area contributed by atoms with Gasteiger partial charge >= 0.3 is 5.97 Å². The predicted molar refractivity (Wildman–Crippen MR) is 69.4 cm³/mol. The summed E-state index contributed by atoms with van der Waals surface area (Å²) in [6.45, 7) is 1.57. The lowest BCUT2D eigenvalue weighted by Crippen LogP contribution is -2.08. The van der Waals surface area contributed by atoms with Crippen LogP contribution in [0.1, 0.15) is 18.4 Å². The maximum Gasteiger partial charge on any atom is 0.310 e. The summed E-state index contributed by atoms with van der Waals surface area (Å²) in [6, 6.07) is 8.84. The van der Waals surface area contributed by atoms with Crippen LogP contribution in [-0.4, -0.2) is 16.2 Å². The van der Waals surface area contributed by atoms with E-state index in [1.165, 1.54) is 6.07 Å². The number of benzene rings is 2. The van der Waals surface area contributed by atoms with Gasteiger partial charge in [-0.15, -0.1) is 0 Å². The van der Waals surface area contributed by atoms with Gasteiger partial charge in [-0.05, 0) is 35.9 Å². The minimum absolute atomic E-state index is 0.0229. The van der Waals surface area contributed by atoms with Gasteiger partial charge in [0.1, 0.15) is 5.75 Å². The third kappa shape index (κ3) is 2.13. The maximum atomic E-state index is 11.0. The fraction of sp³-hybridized carbons (Fsp3) is 0.154. The molecule has 0 aromatic heterocycles. The summed E-state index contributed by atoms with van der Waals surface area (Å²) in [4.78, 5) is 11.0. The molecule has 1 unspecified atom stereocenters. The number of carboxylic acids is 1. The Kier molecular flexibility index (Phi) is 3.07. The van der Waals surface area contributed by atoms with Crippen molar-refractivity contribution in [1.82, 2.24) is 0 Å². The van der Waals surface area contributed by atoms with E-state index in [4.69, 9.17) is 5.11 Å². The summed E-state index contributed by atoms with van der Waals surface area (Å²) in [5, 5.41) is 20.5. The third-order valence-corrected chi connectivity index (χ3v) is 3.30. The Morgan fingerprint density at radius 3 is 2.65 bits per heavy atom. The first-order valence-corrected chi connectivity index (χ1v) is 5.94. The lowest BCUT2D eigenvalue weighted by Gasteiger charge is -2.13. The third-order valence-electron chi connectivity index (χ3n) is 2.80. The normalized spacial score (nSPS) is 12.6. The molecule has 88 valence electrons. The van der Waals surface area contributed by atoms with E-state index in [1.807, 2.05) is 18.2 Å². The average molecular weight is 295 g/mol. The van der Waals surface area contributed by atoms with Crippen LogP contribution in [0.4, 0.5) is 0 Å². The van der Waals surface area contributed by atoms with Crippen LogP contribution in [0.15, 0.2) is 34.8 Å². The van der Waals surface area contributed by atoms with Crippen molar-refractivity contribution >= 4 is 32.7 Å². The van der Waals surface area contributed by atoms with Crippen molar-refractivity contribution in [1.29, 1.82) is 0 Å². The van der Waals surface area contributed by atoms with E-state index in [0.29, 0.717) is 5.56 Å². The molecule has 0 amide bonds. The van der Waals surface area contributed by atoms with Gasteiger partial charge in [0.25, 0.3) is 0 Å². The summed E-state index contributed by atoms with van der Waals surface area (Å²) in [5.41, 5.74) is 0.461. The fourth-order valence-corrected chi connectivity index (χ4v) is 2.27. The molecule has 0 aliphatic rings. The zero-order chi connectivity index (χ0) is 12.6. The van der Waals surface area contributed by atoms with Gasteiger partial charge in [0.15, 0.2) is 0 Å². The van der Waals surface area contributed by atoms with Crippen LogP contribution in [0.5, 0.6) is 5.75 Å². The molecule has 3 nitrogen and oxygen atoms in total. The van der Waals surface area contributed by atoms with Gasteiger partial charge in [-0.3, -0.25) is 4.79 Å².